The molecule has 2 amide bonds. The molecule has 2 N–H and O–H groups in total. The number of anilines is 1. The Balaban J connectivity index is 2.05. The molecule has 1 fully saturated rings. The van der Waals surface area contributed by atoms with E-state index >= 15 is 0 Å². The summed E-state index contributed by atoms with van der Waals surface area (Å²) < 4.78 is 0. The summed E-state index contributed by atoms with van der Waals surface area (Å²) in [5, 5.41) is 12.1. The number of phenols is 1. The van der Waals surface area contributed by atoms with Crippen molar-refractivity contribution in [2.75, 3.05) is 4.90 Å². The summed E-state index contributed by atoms with van der Waals surface area (Å²) >= 11 is 17.3. The number of aromatic hydroxyl groups is 1. The lowest BCUT2D eigenvalue weighted by Gasteiger charge is -2.29. The molecule has 126 valence electrons. The maximum atomic E-state index is 12.8. The molecule has 5 nitrogen and oxygen atoms in total. The SMILES string of the molecule is O=C1NC(=S)N(c2cccc(Cl)c2Cl)C(=O)C1=Cc1ccc(O)cc1. The van der Waals surface area contributed by atoms with Gasteiger partial charge in [-0.15, -0.1) is 0 Å². The third kappa shape index (κ3) is 3.37. The number of phenolic OH excluding ortho intramolecular Hbond substituents is 1. The highest BCUT2D eigenvalue weighted by atomic mass is 35.5. The summed E-state index contributed by atoms with van der Waals surface area (Å²) in [6.45, 7) is 0. The fourth-order valence-electron chi connectivity index (χ4n) is 2.28. The molecule has 1 saturated heterocycles. The van der Waals surface area contributed by atoms with Gasteiger partial charge in [-0.05, 0) is 48.1 Å². The Morgan fingerprint density at radius 1 is 1.08 bits per heavy atom. The quantitative estimate of drug-likeness (QED) is 0.465. The number of thiocarbonyl (C=S) groups is 1. The maximum absolute atomic E-state index is 12.8. The Bertz CT molecular complexity index is 926. The molecule has 25 heavy (non-hydrogen) atoms. The molecular formula is C17H10Cl2N2O3S. The minimum Gasteiger partial charge on any atom is -0.508 e. The number of nitrogens with one attached hydrogen (secondary N) is 1. The van der Waals surface area contributed by atoms with Crippen LogP contribution in [0.25, 0.3) is 6.08 Å². The van der Waals surface area contributed by atoms with Crippen molar-refractivity contribution in [1.29, 1.82) is 0 Å². The standard InChI is InChI=1S/C17H10Cl2N2O3S/c18-12-2-1-3-13(14(12)19)21-16(24)11(15(23)20-17(21)25)8-9-4-6-10(22)7-5-9/h1-8,22H,(H,20,23,25). The third-order valence-corrected chi connectivity index (χ3v) is 4.57. The summed E-state index contributed by atoms with van der Waals surface area (Å²) in [7, 11) is 0. The van der Waals surface area contributed by atoms with E-state index in [4.69, 9.17) is 35.4 Å². The number of carbonyl (C=O) groups is 2. The van der Waals surface area contributed by atoms with E-state index in [1.54, 1.807) is 30.3 Å². The lowest BCUT2D eigenvalue weighted by atomic mass is 10.1. The highest BCUT2D eigenvalue weighted by Gasteiger charge is 2.35. The number of hydrogen-bond acceptors (Lipinski definition) is 4. The minimum absolute atomic E-state index is 0.0788. The van der Waals surface area contributed by atoms with Crippen molar-refractivity contribution in [2.24, 2.45) is 0 Å². The molecule has 1 heterocycles. The predicted octanol–water partition coefficient (Wildman–Crippen LogP) is 3.53. The first-order valence-corrected chi connectivity index (χ1v) is 8.19. The van der Waals surface area contributed by atoms with Crippen molar-refractivity contribution in [1.82, 2.24) is 5.32 Å². The fraction of sp³-hybridized carbons (Fsp3) is 0. The van der Waals surface area contributed by atoms with Crippen molar-refractivity contribution in [3.05, 3.63) is 63.6 Å². The van der Waals surface area contributed by atoms with Gasteiger partial charge in [0, 0.05) is 0 Å². The van der Waals surface area contributed by atoms with E-state index in [1.165, 1.54) is 18.2 Å². The van der Waals surface area contributed by atoms with Crippen LogP contribution in [0.3, 0.4) is 0 Å². The normalized spacial score (nSPS) is 16.3. The summed E-state index contributed by atoms with van der Waals surface area (Å²) in [6.07, 6.45) is 1.41. The van der Waals surface area contributed by atoms with E-state index in [0.29, 0.717) is 5.56 Å². The van der Waals surface area contributed by atoms with Gasteiger partial charge >= 0.3 is 0 Å². The molecule has 0 unspecified atom stereocenters. The lowest BCUT2D eigenvalue weighted by molar-refractivity contribution is -0.122. The van der Waals surface area contributed by atoms with Gasteiger partial charge in [0.25, 0.3) is 11.8 Å². The van der Waals surface area contributed by atoms with Crippen LogP contribution in [0.15, 0.2) is 48.0 Å². The van der Waals surface area contributed by atoms with Gasteiger partial charge < -0.3 is 5.11 Å². The van der Waals surface area contributed by atoms with Gasteiger partial charge in [0.15, 0.2) is 5.11 Å². The van der Waals surface area contributed by atoms with Crippen LogP contribution in [-0.4, -0.2) is 22.0 Å². The zero-order chi connectivity index (χ0) is 18.1. The second kappa shape index (κ2) is 6.84. The average molecular weight is 393 g/mol. The first-order chi connectivity index (χ1) is 11.9. The molecule has 1 aliphatic heterocycles. The Morgan fingerprint density at radius 2 is 1.76 bits per heavy atom. The lowest BCUT2D eigenvalue weighted by Crippen LogP contribution is -2.54. The van der Waals surface area contributed by atoms with Crippen molar-refractivity contribution in [2.45, 2.75) is 0 Å². The summed E-state index contributed by atoms with van der Waals surface area (Å²) in [4.78, 5) is 26.2. The average Bonchev–Trinajstić information content (AvgIpc) is 2.57. The van der Waals surface area contributed by atoms with Gasteiger partial charge in [-0.3, -0.25) is 19.8 Å². The first kappa shape index (κ1) is 17.4. The van der Waals surface area contributed by atoms with E-state index in [-0.39, 0.29) is 32.2 Å². The Hall–Kier alpha value is -2.41. The number of halogens is 2. The van der Waals surface area contributed by atoms with Crippen LogP contribution >= 0.6 is 35.4 Å². The van der Waals surface area contributed by atoms with Crippen molar-refractivity contribution < 1.29 is 14.7 Å². The number of carbonyl (C=O) groups excluding carboxylic acids is 2. The van der Waals surface area contributed by atoms with Gasteiger partial charge in [-0.1, -0.05) is 41.4 Å². The molecule has 8 heteroatoms. The summed E-state index contributed by atoms with van der Waals surface area (Å²) in [5.74, 6) is -1.15. The minimum atomic E-state index is -0.619. The van der Waals surface area contributed by atoms with Crippen LogP contribution in [0.5, 0.6) is 5.75 Å². The first-order valence-electron chi connectivity index (χ1n) is 7.03. The number of benzene rings is 2. The summed E-state index contributed by atoms with van der Waals surface area (Å²) in [5.41, 5.74) is 0.734. The molecule has 0 spiro atoms. The molecule has 2 aromatic rings. The molecule has 2 aromatic carbocycles. The van der Waals surface area contributed by atoms with Crippen molar-refractivity contribution >= 4 is 64.1 Å². The smallest absolute Gasteiger partial charge is 0.270 e. The van der Waals surface area contributed by atoms with E-state index in [0.717, 1.165) is 4.90 Å². The highest BCUT2D eigenvalue weighted by Crippen LogP contribution is 2.34. The molecule has 0 aliphatic carbocycles. The van der Waals surface area contributed by atoms with E-state index < -0.39 is 11.8 Å². The monoisotopic (exact) mass is 392 g/mol. The van der Waals surface area contributed by atoms with Gasteiger partial charge in [-0.25, -0.2) is 0 Å². The Kier molecular flexibility index (Phi) is 4.76. The zero-order valence-corrected chi connectivity index (χ0v) is 14.8. The summed E-state index contributed by atoms with van der Waals surface area (Å²) in [6, 6.07) is 10.8. The molecule has 0 saturated carbocycles. The molecule has 0 bridgehead atoms. The van der Waals surface area contributed by atoms with Gasteiger partial charge in [-0.2, -0.15) is 0 Å². The van der Waals surface area contributed by atoms with Gasteiger partial charge in [0.1, 0.15) is 11.3 Å². The van der Waals surface area contributed by atoms with E-state index in [9.17, 15) is 14.7 Å². The van der Waals surface area contributed by atoms with E-state index in [1.807, 2.05) is 0 Å². The zero-order valence-electron chi connectivity index (χ0n) is 12.5. The largest absolute Gasteiger partial charge is 0.508 e. The van der Waals surface area contributed by atoms with Gasteiger partial charge in [0.2, 0.25) is 0 Å². The third-order valence-electron chi connectivity index (χ3n) is 3.48. The van der Waals surface area contributed by atoms with Crippen LogP contribution in [0.1, 0.15) is 5.56 Å². The van der Waals surface area contributed by atoms with Crippen LogP contribution in [-0.2, 0) is 9.59 Å². The molecule has 0 radical (unpaired) electrons. The van der Waals surface area contributed by atoms with Gasteiger partial charge in [0.05, 0.1) is 15.7 Å². The van der Waals surface area contributed by atoms with Crippen LogP contribution in [0.4, 0.5) is 5.69 Å². The second-order valence-electron chi connectivity index (χ2n) is 5.12. The number of amides is 2. The van der Waals surface area contributed by atoms with Crippen LogP contribution in [0, 0.1) is 0 Å². The number of nitrogens with zero attached hydrogens (tertiary/aromatic N) is 1. The molecule has 0 atom stereocenters. The van der Waals surface area contributed by atoms with E-state index in [2.05, 4.69) is 5.32 Å². The molecule has 0 aromatic heterocycles. The molecule has 3 rings (SSSR count). The maximum Gasteiger partial charge on any atom is 0.270 e. The topological polar surface area (TPSA) is 69.6 Å². The Labute approximate surface area is 158 Å². The predicted molar refractivity (Wildman–Crippen MR) is 101 cm³/mol. The van der Waals surface area contributed by atoms with Crippen LogP contribution < -0.4 is 10.2 Å². The van der Waals surface area contributed by atoms with Crippen LogP contribution in [0.2, 0.25) is 10.0 Å². The molecule has 1 aliphatic rings. The van der Waals surface area contributed by atoms with Crippen molar-refractivity contribution in [3.63, 3.8) is 0 Å². The fourth-order valence-corrected chi connectivity index (χ4v) is 2.93. The number of hydrogen-bond donors (Lipinski definition) is 2. The second-order valence-corrected chi connectivity index (χ2v) is 6.29. The Morgan fingerprint density at radius 3 is 2.44 bits per heavy atom. The highest BCUT2D eigenvalue weighted by molar-refractivity contribution is 7.80. The molecular weight excluding hydrogens is 383 g/mol. The van der Waals surface area contributed by atoms with Crippen molar-refractivity contribution in [3.8, 4) is 5.75 Å². The number of rotatable bonds is 2.